The van der Waals surface area contributed by atoms with Gasteiger partial charge in [0.1, 0.15) is 5.60 Å². The minimum atomic E-state index is -4.72. The van der Waals surface area contributed by atoms with E-state index in [0.717, 1.165) is 30.9 Å². The van der Waals surface area contributed by atoms with Gasteiger partial charge in [0.05, 0.1) is 16.8 Å². The molecule has 4 rings (SSSR count). The molecule has 0 amide bonds. The van der Waals surface area contributed by atoms with E-state index in [1.54, 1.807) is 6.08 Å². The first-order valence-corrected chi connectivity index (χ1v) is 10.1. The van der Waals surface area contributed by atoms with E-state index in [0.29, 0.717) is 12.6 Å². The number of nitrogens with one attached hydrogen (secondary N) is 1. The molecule has 0 saturated heterocycles. The second-order valence-corrected chi connectivity index (χ2v) is 7.90. The SMILES string of the molecule is FC(F)(F)COc1ncc(C(F)(F)F)cc1C1=C[C@]2(CCCC[C@H]2c2ccccc2)ON1. The maximum atomic E-state index is 13.3. The third-order valence-electron chi connectivity index (χ3n) is 5.68. The maximum Gasteiger partial charge on any atom is 0.422 e. The fourth-order valence-corrected chi connectivity index (χ4v) is 4.25. The summed E-state index contributed by atoms with van der Waals surface area (Å²) < 4.78 is 82.5. The molecule has 10 heteroatoms. The van der Waals surface area contributed by atoms with Crippen molar-refractivity contribution in [3.63, 3.8) is 0 Å². The van der Waals surface area contributed by atoms with Crippen molar-refractivity contribution < 1.29 is 35.9 Å². The molecule has 32 heavy (non-hydrogen) atoms. The molecule has 2 atom stereocenters. The molecule has 1 saturated carbocycles. The summed E-state index contributed by atoms with van der Waals surface area (Å²) in [5, 5.41) is 0. The summed E-state index contributed by atoms with van der Waals surface area (Å²) in [7, 11) is 0. The van der Waals surface area contributed by atoms with Crippen molar-refractivity contribution in [2.45, 2.75) is 49.6 Å². The average Bonchev–Trinajstić information content (AvgIpc) is 3.16. The second kappa shape index (κ2) is 8.31. The Hall–Kier alpha value is -2.75. The van der Waals surface area contributed by atoms with E-state index in [4.69, 9.17) is 9.57 Å². The van der Waals surface area contributed by atoms with Gasteiger partial charge in [-0.05, 0) is 30.5 Å². The van der Waals surface area contributed by atoms with Crippen LogP contribution in [0.25, 0.3) is 5.70 Å². The topological polar surface area (TPSA) is 43.4 Å². The molecule has 2 heterocycles. The molecule has 172 valence electrons. The first-order valence-electron chi connectivity index (χ1n) is 10.1. The first-order chi connectivity index (χ1) is 15.1. The number of hydrogen-bond acceptors (Lipinski definition) is 4. The predicted molar refractivity (Wildman–Crippen MR) is 103 cm³/mol. The highest BCUT2D eigenvalue weighted by Gasteiger charge is 2.46. The standard InChI is InChI=1S/C22H20F6N2O2/c23-21(24,25)13-31-19-16(10-15(12-29-19)22(26,27)28)18-11-20(32-30-18)9-5-4-8-17(20)14-6-2-1-3-7-14/h1-3,6-7,10-12,17,30H,4-5,8-9,13H2/t17-,20-/m0/s1. The summed E-state index contributed by atoms with van der Waals surface area (Å²) in [5.41, 5.74) is 1.58. The number of ether oxygens (including phenoxy) is 1. The number of hydroxylamine groups is 1. The van der Waals surface area contributed by atoms with Gasteiger partial charge in [-0.2, -0.15) is 26.3 Å². The number of aromatic nitrogens is 1. The zero-order chi connectivity index (χ0) is 23.0. The molecule has 4 nitrogen and oxygen atoms in total. The van der Waals surface area contributed by atoms with Crippen LogP contribution in [0, 0.1) is 0 Å². The molecule has 0 radical (unpaired) electrons. The van der Waals surface area contributed by atoms with Crippen LogP contribution in [-0.4, -0.2) is 23.4 Å². The van der Waals surface area contributed by atoms with E-state index in [1.165, 1.54) is 0 Å². The lowest BCUT2D eigenvalue weighted by Gasteiger charge is -2.38. The van der Waals surface area contributed by atoms with E-state index in [2.05, 4.69) is 10.5 Å². The smallest absolute Gasteiger partial charge is 0.422 e. The minimum Gasteiger partial charge on any atom is -0.468 e. The quantitative estimate of drug-likeness (QED) is 0.570. The molecule has 1 aromatic heterocycles. The number of nitrogens with zero attached hydrogens (tertiary/aromatic N) is 1. The zero-order valence-electron chi connectivity index (χ0n) is 16.8. The fourth-order valence-electron chi connectivity index (χ4n) is 4.25. The van der Waals surface area contributed by atoms with Crippen molar-refractivity contribution in [3.05, 3.63) is 65.4 Å². The van der Waals surface area contributed by atoms with Crippen LogP contribution in [0.1, 0.15) is 48.3 Å². The van der Waals surface area contributed by atoms with Crippen molar-refractivity contribution in [1.29, 1.82) is 0 Å². The van der Waals surface area contributed by atoms with Gasteiger partial charge in [-0.1, -0.05) is 43.2 Å². The Kier molecular flexibility index (Phi) is 5.83. The van der Waals surface area contributed by atoms with Crippen LogP contribution in [0.15, 0.2) is 48.7 Å². The van der Waals surface area contributed by atoms with Gasteiger partial charge in [-0.15, -0.1) is 0 Å². The molecular formula is C22H20F6N2O2. The summed E-state index contributed by atoms with van der Waals surface area (Å²) >= 11 is 0. The summed E-state index contributed by atoms with van der Waals surface area (Å²) in [6.45, 7) is -1.68. The summed E-state index contributed by atoms with van der Waals surface area (Å²) in [6, 6.07) is 10.3. The van der Waals surface area contributed by atoms with E-state index >= 15 is 0 Å². The molecular weight excluding hydrogens is 438 g/mol. The molecule has 1 spiro atoms. The molecule has 1 aliphatic carbocycles. The Labute approximate surface area is 180 Å². The lowest BCUT2D eigenvalue weighted by molar-refractivity contribution is -0.154. The number of halogens is 6. The Morgan fingerprint density at radius 3 is 2.53 bits per heavy atom. The van der Waals surface area contributed by atoms with E-state index in [1.807, 2.05) is 30.3 Å². The largest absolute Gasteiger partial charge is 0.468 e. The van der Waals surface area contributed by atoms with Gasteiger partial charge in [-0.25, -0.2) is 4.98 Å². The van der Waals surface area contributed by atoms with Crippen LogP contribution < -0.4 is 10.2 Å². The lowest BCUT2D eigenvalue weighted by Crippen LogP contribution is -2.39. The summed E-state index contributed by atoms with van der Waals surface area (Å²) in [4.78, 5) is 9.44. The van der Waals surface area contributed by atoms with Crippen molar-refractivity contribution >= 4 is 5.70 Å². The summed E-state index contributed by atoms with van der Waals surface area (Å²) in [6.07, 6.45) is -4.08. The van der Waals surface area contributed by atoms with Gasteiger partial charge >= 0.3 is 12.4 Å². The van der Waals surface area contributed by atoms with Crippen molar-refractivity contribution in [2.24, 2.45) is 0 Å². The highest BCUT2D eigenvalue weighted by atomic mass is 19.4. The lowest BCUT2D eigenvalue weighted by atomic mass is 9.71. The van der Waals surface area contributed by atoms with Crippen LogP contribution in [0.5, 0.6) is 5.88 Å². The van der Waals surface area contributed by atoms with Gasteiger partial charge in [-0.3, -0.25) is 10.3 Å². The number of pyridine rings is 1. The summed E-state index contributed by atoms with van der Waals surface area (Å²) in [5.74, 6) is -0.623. The maximum absolute atomic E-state index is 13.3. The third kappa shape index (κ3) is 4.69. The molecule has 1 fully saturated rings. The molecule has 0 bridgehead atoms. The Balaban J connectivity index is 1.74. The third-order valence-corrected chi connectivity index (χ3v) is 5.68. The minimum absolute atomic E-state index is 0.0687. The van der Waals surface area contributed by atoms with Crippen molar-refractivity contribution in [3.8, 4) is 5.88 Å². The van der Waals surface area contributed by atoms with E-state index < -0.39 is 36.0 Å². The van der Waals surface area contributed by atoms with Gasteiger partial charge < -0.3 is 4.74 Å². The number of rotatable bonds is 4. The monoisotopic (exact) mass is 458 g/mol. The average molecular weight is 458 g/mol. The number of alkyl halides is 6. The van der Waals surface area contributed by atoms with Crippen LogP contribution in [0.3, 0.4) is 0 Å². The van der Waals surface area contributed by atoms with Crippen molar-refractivity contribution in [1.82, 2.24) is 10.5 Å². The Morgan fingerprint density at radius 1 is 1.09 bits per heavy atom. The highest BCUT2D eigenvalue weighted by Crippen LogP contribution is 2.48. The normalized spacial score (nSPS) is 23.7. The Morgan fingerprint density at radius 2 is 1.84 bits per heavy atom. The first kappa shape index (κ1) is 22.4. The Bertz CT molecular complexity index is 990. The molecule has 2 aromatic rings. The zero-order valence-corrected chi connectivity index (χ0v) is 16.8. The van der Waals surface area contributed by atoms with Crippen LogP contribution in [0.2, 0.25) is 0 Å². The molecule has 1 aliphatic heterocycles. The van der Waals surface area contributed by atoms with Gasteiger partial charge in [0.2, 0.25) is 5.88 Å². The predicted octanol–water partition coefficient (Wildman–Crippen LogP) is 6.01. The molecule has 0 unspecified atom stereocenters. The molecule has 2 aliphatic rings. The number of benzene rings is 1. The van der Waals surface area contributed by atoms with E-state index in [-0.39, 0.29) is 17.2 Å². The molecule has 1 N–H and O–H groups in total. The fraction of sp³-hybridized carbons (Fsp3) is 0.409. The van der Waals surface area contributed by atoms with E-state index in [9.17, 15) is 26.3 Å². The van der Waals surface area contributed by atoms with Gasteiger partial charge in [0.15, 0.2) is 6.61 Å². The highest BCUT2D eigenvalue weighted by molar-refractivity contribution is 5.70. The van der Waals surface area contributed by atoms with Crippen molar-refractivity contribution in [2.75, 3.05) is 6.61 Å². The second-order valence-electron chi connectivity index (χ2n) is 7.90. The van der Waals surface area contributed by atoms with Gasteiger partial charge in [0.25, 0.3) is 0 Å². The van der Waals surface area contributed by atoms with Crippen LogP contribution >= 0.6 is 0 Å². The van der Waals surface area contributed by atoms with Crippen LogP contribution in [0.4, 0.5) is 26.3 Å². The number of hydrogen-bond donors (Lipinski definition) is 1. The molecule has 1 aromatic carbocycles. The van der Waals surface area contributed by atoms with Crippen LogP contribution in [-0.2, 0) is 11.0 Å². The van der Waals surface area contributed by atoms with Gasteiger partial charge in [0, 0.05) is 12.1 Å².